The van der Waals surface area contributed by atoms with Crippen LogP contribution in [0.5, 0.6) is 0 Å². The average Bonchev–Trinajstić information content (AvgIpc) is 2.40. The second kappa shape index (κ2) is 7.03. The van der Waals surface area contributed by atoms with Gasteiger partial charge in [-0.25, -0.2) is 0 Å². The topological polar surface area (TPSA) is 49.8 Å². The van der Waals surface area contributed by atoms with E-state index in [1.165, 1.54) is 5.57 Å². The number of nitrogens with zero attached hydrogens (tertiary/aromatic N) is 1. The second-order valence-corrected chi connectivity index (χ2v) is 3.88. The molecule has 0 radical (unpaired) electrons. The van der Waals surface area contributed by atoms with Gasteiger partial charge < -0.3 is 5.73 Å². The zero-order valence-electron chi connectivity index (χ0n) is 10.7. The molecule has 1 rings (SSSR count). The van der Waals surface area contributed by atoms with Gasteiger partial charge in [-0.15, -0.1) is 0 Å². The van der Waals surface area contributed by atoms with Crippen molar-refractivity contribution in [1.29, 1.82) is 5.26 Å². The summed E-state index contributed by atoms with van der Waals surface area (Å²) < 4.78 is 0. The first-order valence-electron chi connectivity index (χ1n) is 5.89. The Morgan fingerprint density at radius 2 is 1.94 bits per heavy atom. The van der Waals surface area contributed by atoms with Crippen LogP contribution in [-0.4, -0.2) is 5.54 Å². The average molecular weight is 218 g/mol. The molecular weight excluding hydrogens is 196 g/mol. The van der Waals surface area contributed by atoms with Gasteiger partial charge in [0.15, 0.2) is 0 Å². The zero-order chi connectivity index (χ0) is 12.6. The van der Waals surface area contributed by atoms with Gasteiger partial charge in [-0.2, -0.15) is 5.26 Å². The monoisotopic (exact) mass is 218 g/mol. The number of nitrogens with two attached hydrogens (primary N) is 1. The summed E-state index contributed by atoms with van der Waals surface area (Å²) in [7, 11) is 0. The van der Waals surface area contributed by atoms with Crippen LogP contribution in [0, 0.1) is 11.3 Å². The summed E-state index contributed by atoms with van der Waals surface area (Å²) in [6.45, 7) is 8.04. The Balaban J connectivity index is 0.00000106. The lowest BCUT2D eigenvalue weighted by molar-refractivity contribution is 0.723. The van der Waals surface area contributed by atoms with Crippen LogP contribution in [0.2, 0.25) is 0 Å². The SMILES string of the molecule is CC.CCCC1=CC(C)(N)C=C(C#N)C=C1. The fourth-order valence-corrected chi connectivity index (χ4v) is 1.58. The summed E-state index contributed by atoms with van der Waals surface area (Å²) in [6.07, 6.45) is 9.74. The van der Waals surface area contributed by atoms with E-state index in [-0.39, 0.29) is 0 Å². The van der Waals surface area contributed by atoms with Crippen LogP contribution in [0.1, 0.15) is 40.5 Å². The molecule has 1 atom stereocenters. The highest BCUT2D eigenvalue weighted by molar-refractivity contribution is 5.44. The molecule has 0 fully saturated rings. The molecule has 0 aliphatic heterocycles. The highest BCUT2D eigenvalue weighted by Gasteiger charge is 2.15. The summed E-state index contributed by atoms with van der Waals surface area (Å²) >= 11 is 0. The molecule has 2 heteroatoms. The van der Waals surface area contributed by atoms with E-state index in [4.69, 9.17) is 11.0 Å². The first-order chi connectivity index (χ1) is 7.57. The number of hydrogen-bond acceptors (Lipinski definition) is 2. The number of hydrogen-bond donors (Lipinski definition) is 1. The lowest BCUT2D eigenvalue weighted by Gasteiger charge is -2.15. The van der Waals surface area contributed by atoms with Gasteiger partial charge in [0, 0.05) is 0 Å². The van der Waals surface area contributed by atoms with Crippen molar-refractivity contribution < 1.29 is 0 Å². The van der Waals surface area contributed by atoms with E-state index in [1.54, 1.807) is 6.08 Å². The van der Waals surface area contributed by atoms with Crippen LogP contribution in [0.25, 0.3) is 0 Å². The van der Waals surface area contributed by atoms with E-state index in [0.717, 1.165) is 12.8 Å². The van der Waals surface area contributed by atoms with Crippen molar-refractivity contribution in [2.24, 2.45) is 5.73 Å². The van der Waals surface area contributed by atoms with Crippen LogP contribution in [0.3, 0.4) is 0 Å². The van der Waals surface area contributed by atoms with Crippen molar-refractivity contribution in [2.75, 3.05) is 0 Å². The molecule has 0 bridgehead atoms. The van der Waals surface area contributed by atoms with Gasteiger partial charge in [0.2, 0.25) is 0 Å². The van der Waals surface area contributed by atoms with Crippen molar-refractivity contribution in [3.05, 3.63) is 35.5 Å². The molecule has 0 aromatic heterocycles. The van der Waals surface area contributed by atoms with Gasteiger partial charge >= 0.3 is 0 Å². The van der Waals surface area contributed by atoms with Crippen molar-refractivity contribution in [3.8, 4) is 6.07 Å². The molecule has 2 nitrogen and oxygen atoms in total. The summed E-state index contributed by atoms with van der Waals surface area (Å²) in [6, 6.07) is 2.12. The third kappa shape index (κ3) is 4.95. The second-order valence-electron chi connectivity index (χ2n) is 3.88. The number of allylic oxidation sites excluding steroid dienone is 4. The normalized spacial score (nSPS) is 23.2. The lowest BCUT2D eigenvalue weighted by atomic mass is 9.98. The predicted molar refractivity (Wildman–Crippen MR) is 69.8 cm³/mol. The lowest BCUT2D eigenvalue weighted by Crippen LogP contribution is -2.31. The molecular formula is C14H22N2. The van der Waals surface area contributed by atoms with E-state index in [2.05, 4.69) is 13.0 Å². The van der Waals surface area contributed by atoms with E-state index >= 15 is 0 Å². The minimum absolute atomic E-state index is 0.501. The van der Waals surface area contributed by atoms with Gasteiger partial charge in [0.05, 0.1) is 17.2 Å². The summed E-state index contributed by atoms with van der Waals surface area (Å²) in [5.41, 5.74) is 7.36. The highest BCUT2D eigenvalue weighted by atomic mass is 14.7. The molecule has 0 amide bonds. The van der Waals surface area contributed by atoms with Gasteiger partial charge in [-0.3, -0.25) is 0 Å². The van der Waals surface area contributed by atoms with E-state index in [9.17, 15) is 0 Å². The fraction of sp³-hybridized carbons (Fsp3) is 0.500. The third-order valence-corrected chi connectivity index (χ3v) is 2.11. The van der Waals surface area contributed by atoms with Crippen molar-refractivity contribution in [3.63, 3.8) is 0 Å². The van der Waals surface area contributed by atoms with E-state index in [1.807, 2.05) is 39.0 Å². The number of nitriles is 1. The Morgan fingerprint density at radius 3 is 2.44 bits per heavy atom. The third-order valence-electron chi connectivity index (χ3n) is 2.11. The molecule has 1 aliphatic rings. The molecule has 1 aliphatic carbocycles. The van der Waals surface area contributed by atoms with Gasteiger partial charge in [-0.05, 0) is 31.1 Å². The highest BCUT2D eigenvalue weighted by Crippen LogP contribution is 2.19. The van der Waals surface area contributed by atoms with Gasteiger partial charge in [0.1, 0.15) is 0 Å². The maximum Gasteiger partial charge on any atom is 0.0989 e. The van der Waals surface area contributed by atoms with Gasteiger partial charge in [0.25, 0.3) is 0 Å². The van der Waals surface area contributed by atoms with Crippen LogP contribution in [0.15, 0.2) is 35.5 Å². The quantitative estimate of drug-likeness (QED) is 0.771. The largest absolute Gasteiger partial charge is 0.319 e. The Bertz CT molecular complexity index is 338. The Hall–Kier alpha value is -1.33. The minimum Gasteiger partial charge on any atom is -0.319 e. The van der Waals surface area contributed by atoms with Crippen molar-refractivity contribution >= 4 is 0 Å². The molecule has 0 spiro atoms. The Labute approximate surface area is 99.1 Å². The molecule has 0 saturated heterocycles. The fourth-order valence-electron chi connectivity index (χ4n) is 1.58. The maximum absolute atomic E-state index is 8.82. The molecule has 88 valence electrons. The Kier molecular flexibility index (Phi) is 6.44. The smallest absolute Gasteiger partial charge is 0.0989 e. The summed E-state index contributed by atoms with van der Waals surface area (Å²) in [5.74, 6) is 0. The van der Waals surface area contributed by atoms with Crippen LogP contribution in [-0.2, 0) is 0 Å². The van der Waals surface area contributed by atoms with E-state index < -0.39 is 5.54 Å². The van der Waals surface area contributed by atoms with Crippen molar-refractivity contribution in [1.82, 2.24) is 0 Å². The van der Waals surface area contributed by atoms with Crippen LogP contribution < -0.4 is 5.73 Å². The van der Waals surface area contributed by atoms with Crippen LogP contribution in [0.4, 0.5) is 0 Å². The molecule has 0 saturated carbocycles. The van der Waals surface area contributed by atoms with Crippen LogP contribution >= 0.6 is 0 Å². The summed E-state index contributed by atoms with van der Waals surface area (Å²) in [4.78, 5) is 0. The molecule has 1 unspecified atom stereocenters. The first kappa shape index (κ1) is 14.7. The maximum atomic E-state index is 8.82. The molecule has 2 N–H and O–H groups in total. The van der Waals surface area contributed by atoms with Crippen molar-refractivity contribution in [2.45, 2.75) is 46.1 Å². The molecule has 0 heterocycles. The van der Waals surface area contributed by atoms with Gasteiger partial charge in [-0.1, -0.05) is 39.3 Å². The van der Waals surface area contributed by atoms with E-state index in [0.29, 0.717) is 5.57 Å². The molecule has 16 heavy (non-hydrogen) atoms. The standard InChI is InChI=1S/C12H16N2.C2H6/c1-3-4-10-5-6-11(9-13)8-12(2,14)7-10;1-2/h5-8H,3-4,14H2,1-2H3;1-2H3. The zero-order valence-corrected chi connectivity index (χ0v) is 10.7. The minimum atomic E-state index is -0.501. The first-order valence-corrected chi connectivity index (χ1v) is 5.89. The molecule has 0 aromatic carbocycles. The predicted octanol–water partition coefficient (Wildman–Crippen LogP) is 3.48. The number of rotatable bonds is 2. The molecule has 0 aromatic rings. The summed E-state index contributed by atoms with van der Waals surface area (Å²) in [5, 5.41) is 8.82. The Morgan fingerprint density at radius 1 is 1.31 bits per heavy atom.